The van der Waals surface area contributed by atoms with Crippen molar-refractivity contribution < 1.29 is 27.5 Å². The normalized spacial score (nSPS) is 11.2. The Bertz CT molecular complexity index is 659. The molecule has 0 aromatic heterocycles. The Balaban J connectivity index is 3.25. The number of amides is 1. The summed E-state index contributed by atoms with van der Waals surface area (Å²) in [4.78, 5) is 21.1. The largest absolute Gasteiger partial charge is 0.478 e. The van der Waals surface area contributed by atoms with Gasteiger partial charge in [0.05, 0.1) is 11.3 Å². The molecule has 0 aliphatic heterocycles. The van der Waals surface area contributed by atoms with E-state index in [1.807, 2.05) is 0 Å². The van der Waals surface area contributed by atoms with Crippen molar-refractivity contribution in [1.82, 2.24) is 5.32 Å². The van der Waals surface area contributed by atoms with E-state index in [1.54, 1.807) is 0 Å². The van der Waals surface area contributed by atoms with E-state index in [4.69, 9.17) is 5.11 Å². The number of carboxylic acids is 1. The van der Waals surface area contributed by atoms with Crippen LogP contribution in [0.25, 0.3) is 0 Å². The fourth-order valence-electron chi connectivity index (χ4n) is 1.41. The summed E-state index contributed by atoms with van der Waals surface area (Å²) in [6.07, 6.45) is -0.340. The highest BCUT2D eigenvalue weighted by Crippen LogP contribution is 2.25. The smallest absolute Gasteiger partial charge is 0.338 e. The summed E-state index contributed by atoms with van der Waals surface area (Å²) in [5.41, 5.74) is -0.752. The van der Waals surface area contributed by atoms with Gasteiger partial charge in [-0.05, 0) is 12.1 Å². The summed E-state index contributed by atoms with van der Waals surface area (Å²) in [5.74, 6) is -4.04. The van der Waals surface area contributed by atoms with Crippen LogP contribution in [0.1, 0.15) is 16.8 Å². The number of sulfone groups is 1. The van der Waals surface area contributed by atoms with Gasteiger partial charge in [-0.2, -0.15) is 0 Å². The molecule has 1 amide bonds. The van der Waals surface area contributed by atoms with Gasteiger partial charge in [-0.1, -0.05) is 15.9 Å². The predicted molar refractivity (Wildman–Crippen MR) is 71.8 cm³/mol. The molecule has 6 nitrogen and oxygen atoms in total. The summed E-state index contributed by atoms with van der Waals surface area (Å²) >= 11 is 2.93. The van der Waals surface area contributed by atoms with Crippen molar-refractivity contribution in [2.24, 2.45) is 0 Å². The molecular weight excluding hydrogens is 357 g/mol. The van der Waals surface area contributed by atoms with Crippen LogP contribution in [-0.4, -0.2) is 38.2 Å². The predicted octanol–water partition coefficient (Wildman–Crippen LogP) is 1.20. The molecule has 0 spiro atoms. The van der Waals surface area contributed by atoms with Crippen LogP contribution in [0.2, 0.25) is 0 Å². The zero-order valence-electron chi connectivity index (χ0n) is 10.3. The van der Waals surface area contributed by atoms with Gasteiger partial charge in [0, 0.05) is 17.9 Å². The summed E-state index contributed by atoms with van der Waals surface area (Å²) < 4.78 is 38.0. The highest BCUT2D eigenvalue weighted by Gasteiger charge is 2.25. The van der Waals surface area contributed by atoms with E-state index in [2.05, 4.69) is 21.2 Å². The molecule has 0 heterocycles. The minimum Gasteiger partial charge on any atom is -0.478 e. The minimum absolute atomic E-state index is 0.120. The van der Waals surface area contributed by atoms with Crippen molar-refractivity contribution >= 4 is 37.6 Å². The topological polar surface area (TPSA) is 101 Å². The van der Waals surface area contributed by atoms with Crippen LogP contribution in [0.15, 0.2) is 21.5 Å². The van der Waals surface area contributed by atoms with E-state index in [0.29, 0.717) is 0 Å². The van der Waals surface area contributed by atoms with E-state index >= 15 is 0 Å². The Morgan fingerprint density at radius 1 is 1.40 bits per heavy atom. The van der Waals surface area contributed by atoms with E-state index in [0.717, 1.165) is 12.1 Å². The van der Waals surface area contributed by atoms with E-state index in [9.17, 15) is 22.4 Å². The molecule has 0 saturated heterocycles. The lowest BCUT2D eigenvalue weighted by molar-refractivity contribution is -0.120. The van der Waals surface area contributed by atoms with Gasteiger partial charge in [-0.3, -0.25) is 4.79 Å². The number of hydrogen-bond acceptors (Lipinski definition) is 4. The SMILES string of the molecule is CNC(=O)CCS(=O)(=O)c1cc(Br)cc(C(=O)O)c1F. The first-order valence-electron chi connectivity index (χ1n) is 5.34. The Kier molecular flexibility index (Phi) is 5.23. The summed E-state index contributed by atoms with van der Waals surface area (Å²) in [6, 6.07) is 1.94. The first-order chi connectivity index (χ1) is 9.19. The zero-order chi connectivity index (χ0) is 15.5. The molecule has 0 bridgehead atoms. The van der Waals surface area contributed by atoms with Crippen molar-refractivity contribution in [2.75, 3.05) is 12.8 Å². The second-order valence-electron chi connectivity index (χ2n) is 3.81. The van der Waals surface area contributed by atoms with Crippen molar-refractivity contribution in [3.63, 3.8) is 0 Å². The first kappa shape index (κ1) is 16.6. The van der Waals surface area contributed by atoms with Gasteiger partial charge in [0.2, 0.25) is 5.91 Å². The molecule has 0 radical (unpaired) electrons. The van der Waals surface area contributed by atoms with Crippen LogP contribution in [-0.2, 0) is 14.6 Å². The van der Waals surface area contributed by atoms with Gasteiger partial charge in [0.15, 0.2) is 15.7 Å². The number of rotatable bonds is 5. The monoisotopic (exact) mass is 367 g/mol. The van der Waals surface area contributed by atoms with Crippen LogP contribution in [0.5, 0.6) is 0 Å². The van der Waals surface area contributed by atoms with Crippen molar-refractivity contribution in [2.45, 2.75) is 11.3 Å². The highest BCUT2D eigenvalue weighted by molar-refractivity contribution is 9.10. The molecule has 1 aromatic rings. The molecular formula is C11H11BrFNO5S. The quantitative estimate of drug-likeness (QED) is 0.814. The Morgan fingerprint density at radius 2 is 2.00 bits per heavy atom. The molecule has 1 aromatic carbocycles. The van der Waals surface area contributed by atoms with Crippen LogP contribution < -0.4 is 5.32 Å². The van der Waals surface area contributed by atoms with E-state index < -0.39 is 43.7 Å². The van der Waals surface area contributed by atoms with Crippen molar-refractivity contribution in [1.29, 1.82) is 0 Å². The number of aromatic carboxylic acids is 1. The number of nitrogens with one attached hydrogen (secondary N) is 1. The Morgan fingerprint density at radius 3 is 2.50 bits per heavy atom. The highest BCUT2D eigenvalue weighted by atomic mass is 79.9. The van der Waals surface area contributed by atoms with E-state index in [-0.39, 0.29) is 10.9 Å². The number of benzene rings is 1. The number of carbonyl (C=O) groups is 2. The molecule has 2 N–H and O–H groups in total. The maximum Gasteiger partial charge on any atom is 0.338 e. The molecule has 0 fully saturated rings. The maximum atomic E-state index is 13.9. The van der Waals surface area contributed by atoms with Crippen LogP contribution in [0, 0.1) is 5.82 Å². The van der Waals surface area contributed by atoms with Crippen LogP contribution >= 0.6 is 15.9 Å². The average Bonchev–Trinajstić information content (AvgIpc) is 2.37. The molecule has 0 aliphatic carbocycles. The third-order valence-electron chi connectivity index (χ3n) is 2.45. The standard InChI is InChI=1S/C11H11BrFNO5S/c1-14-9(15)2-3-20(18,19)8-5-6(12)4-7(10(8)13)11(16)17/h4-5H,2-3H2,1H3,(H,14,15)(H,16,17). The van der Waals surface area contributed by atoms with Gasteiger partial charge >= 0.3 is 5.97 Å². The molecule has 20 heavy (non-hydrogen) atoms. The van der Waals surface area contributed by atoms with Gasteiger partial charge in [-0.25, -0.2) is 17.6 Å². The summed E-state index contributed by atoms with van der Waals surface area (Å²) in [6.45, 7) is 0. The number of carbonyl (C=O) groups excluding carboxylic acids is 1. The third-order valence-corrected chi connectivity index (χ3v) is 4.61. The molecule has 110 valence electrons. The van der Waals surface area contributed by atoms with Gasteiger partial charge < -0.3 is 10.4 Å². The average molecular weight is 368 g/mol. The van der Waals surface area contributed by atoms with Crippen LogP contribution in [0.4, 0.5) is 4.39 Å². The zero-order valence-corrected chi connectivity index (χ0v) is 12.7. The second kappa shape index (κ2) is 6.31. The number of hydrogen-bond donors (Lipinski definition) is 2. The molecule has 0 unspecified atom stereocenters. The number of carboxylic acid groups (broad SMARTS) is 1. The molecule has 0 saturated carbocycles. The Labute approximate surface area is 123 Å². The van der Waals surface area contributed by atoms with Crippen LogP contribution in [0.3, 0.4) is 0 Å². The molecule has 0 atom stereocenters. The minimum atomic E-state index is -4.10. The summed E-state index contributed by atoms with van der Waals surface area (Å²) in [5, 5.41) is 11.1. The number of halogens is 2. The van der Waals surface area contributed by atoms with Crippen molar-refractivity contribution in [3.05, 3.63) is 28.0 Å². The molecule has 1 rings (SSSR count). The summed E-state index contributed by atoms with van der Waals surface area (Å²) in [7, 11) is -2.76. The van der Waals surface area contributed by atoms with Crippen molar-refractivity contribution in [3.8, 4) is 0 Å². The van der Waals surface area contributed by atoms with Gasteiger partial charge in [0.25, 0.3) is 0 Å². The lowest BCUT2D eigenvalue weighted by Gasteiger charge is -2.08. The molecule has 0 aliphatic rings. The lowest BCUT2D eigenvalue weighted by atomic mass is 10.2. The Hall–Kier alpha value is -1.48. The fourth-order valence-corrected chi connectivity index (χ4v) is 3.38. The molecule has 9 heteroatoms. The second-order valence-corrected chi connectivity index (χ2v) is 6.81. The van der Waals surface area contributed by atoms with Gasteiger partial charge in [-0.15, -0.1) is 0 Å². The first-order valence-corrected chi connectivity index (χ1v) is 7.79. The maximum absolute atomic E-state index is 13.9. The van der Waals surface area contributed by atoms with Gasteiger partial charge in [0.1, 0.15) is 4.90 Å². The fraction of sp³-hybridized carbons (Fsp3) is 0.273. The lowest BCUT2D eigenvalue weighted by Crippen LogP contribution is -2.22. The van der Waals surface area contributed by atoms with E-state index in [1.165, 1.54) is 7.05 Å². The third kappa shape index (κ3) is 3.76.